The van der Waals surface area contributed by atoms with Crippen molar-refractivity contribution in [1.82, 2.24) is 5.32 Å². The zero-order valence-electron chi connectivity index (χ0n) is 24.1. The quantitative estimate of drug-likeness (QED) is 0.0954. The van der Waals surface area contributed by atoms with Crippen molar-refractivity contribution >= 4 is 0 Å². The monoisotopic (exact) mass is 677 g/mol. The molecule has 0 bridgehead atoms. The number of rotatable bonds is 10. The van der Waals surface area contributed by atoms with Gasteiger partial charge in [-0.1, -0.05) is 0 Å². The molecule has 21 nitrogen and oxygen atoms in total. The third-order valence-electron chi connectivity index (χ3n) is 9.40. The zero-order chi connectivity index (χ0) is 33.8. The average molecular weight is 678 g/mol. The van der Waals surface area contributed by atoms with E-state index < -0.39 is 155 Å². The molecule has 1 saturated carbocycles. The third-order valence-corrected chi connectivity index (χ3v) is 9.40. The molecule has 21 atom stereocenters. The summed E-state index contributed by atoms with van der Waals surface area (Å²) in [5.41, 5.74) is -1.59. The van der Waals surface area contributed by atoms with Crippen LogP contribution in [-0.2, 0) is 28.4 Å². The summed E-state index contributed by atoms with van der Waals surface area (Å²) in [4.78, 5) is 0. The highest BCUT2D eigenvalue weighted by Gasteiger charge is 2.72. The van der Waals surface area contributed by atoms with Crippen molar-refractivity contribution in [2.45, 2.75) is 128 Å². The van der Waals surface area contributed by atoms with E-state index in [2.05, 4.69) is 5.32 Å². The molecule has 5 rings (SSSR count). The highest BCUT2D eigenvalue weighted by molar-refractivity contribution is 5.22. The minimum absolute atomic E-state index is 0.704. The van der Waals surface area contributed by atoms with Crippen LogP contribution in [0.25, 0.3) is 0 Å². The summed E-state index contributed by atoms with van der Waals surface area (Å²) < 4.78 is 32.6. The molecule has 21 heteroatoms. The summed E-state index contributed by atoms with van der Waals surface area (Å²) >= 11 is 0. The molecule has 5 fully saturated rings. The smallest absolute Gasteiger partial charge is 0.187 e. The SMILES string of the molecule is OC[C@H]1O[C@H](O[C@H]2[C@H](O)[C@@H](O)[C@@H](O[C@H]3[C@H](O)[C@@H](O)C(O)O[C@@H]3CO)O[C@@H]2CO)[C@H](O)[C@@H](O)[C@@H]1N[C@@H]1[C@H](O)[C@@H](O)[C@H](O)[C@]2(CO)O[C@H]12. The number of epoxide rings is 1. The van der Waals surface area contributed by atoms with E-state index >= 15 is 0 Å². The topological polar surface area (TPSA) is 354 Å². The molecule has 0 aromatic heterocycles. The van der Waals surface area contributed by atoms with Crippen LogP contribution in [0.3, 0.4) is 0 Å². The fourth-order valence-corrected chi connectivity index (χ4v) is 6.60. The number of hydrogen-bond acceptors (Lipinski definition) is 21. The average Bonchev–Trinajstić information content (AvgIpc) is 3.80. The Hall–Kier alpha value is -0.840. The molecule has 0 spiro atoms. The van der Waals surface area contributed by atoms with Gasteiger partial charge in [0, 0.05) is 0 Å². The second-order valence-corrected chi connectivity index (χ2v) is 12.1. The number of hydrogen-bond donors (Lipinski definition) is 15. The van der Waals surface area contributed by atoms with Crippen LogP contribution < -0.4 is 5.32 Å². The number of fused-ring (bicyclic) bond motifs is 1. The molecule has 1 aliphatic carbocycles. The molecule has 5 aliphatic rings. The molecular weight excluding hydrogens is 634 g/mol. The minimum Gasteiger partial charge on any atom is -0.394 e. The fraction of sp³-hybridized carbons (Fsp3) is 1.00. The lowest BCUT2D eigenvalue weighted by Gasteiger charge is -2.49. The van der Waals surface area contributed by atoms with Gasteiger partial charge in [0.15, 0.2) is 18.9 Å². The first-order valence-corrected chi connectivity index (χ1v) is 14.7. The van der Waals surface area contributed by atoms with Gasteiger partial charge in [-0.2, -0.15) is 0 Å². The van der Waals surface area contributed by atoms with E-state index in [9.17, 15) is 71.5 Å². The molecule has 268 valence electrons. The lowest BCUT2D eigenvalue weighted by Crippen LogP contribution is -2.71. The number of ether oxygens (including phenoxy) is 6. The number of nitrogens with one attached hydrogen (secondary N) is 1. The van der Waals surface area contributed by atoms with Gasteiger partial charge in [0.2, 0.25) is 0 Å². The van der Waals surface area contributed by atoms with Crippen molar-refractivity contribution in [3.05, 3.63) is 0 Å². The summed E-state index contributed by atoms with van der Waals surface area (Å²) in [6, 6.07) is -2.57. The van der Waals surface area contributed by atoms with Crippen LogP contribution >= 0.6 is 0 Å². The molecule has 4 aliphatic heterocycles. The molecule has 1 unspecified atom stereocenters. The standard InChI is InChI=1S/C25H43NO20/c27-1-5-8(26-9-11(32)14(35)20(39)25(4-30)21(9)46-25)10(31)16(37)23(42-5)45-19-7(3-29)43-24(17(38)13(19)34)44-18-6(2-28)41-22(40)15(36)12(18)33/h5-24,26-40H,1-4H2/t5-,6-,7-,8-,9-,10+,11+,12-,13-,14-,15-,16-,17-,18-,19-,20+,21-,22?,23-,24-,25+/m1/s1. The minimum atomic E-state index is -1.99. The van der Waals surface area contributed by atoms with Crippen LogP contribution in [0.4, 0.5) is 0 Å². The number of aliphatic hydroxyl groups excluding tert-OH is 14. The van der Waals surface area contributed by atoms with Gasteiger partial charge in [0.1, 0.15) is 97.2 Å². The van der Waals surface area contributed by atoms with Crippen molar-refractivity contribution in [3.8, 4) is 0 Å². The van der Waals surface area contributed by atoms with Crippen molar-refractivity contribution < 1.29 is 99.9 Å². The van der Waals surface area contributed by atoms with Gasteiger partial charge in [-0.15, -0.1) is 0 Å². The maximum Gasteiger partial charge on any atom is 0.187 e. The van der Waals surface area contributed by atoms with E-state index in [4.69, 9.17) is 28.4 Å². The van der Waals surface area contributed by atoms with E-state index in [1.165, 1.54) is 0 Å². The Labute approximate surface area is 260 Å². The first-order valence-electron chi connectivity index (χ1n) is 14.7. The van der Waals surface area contributed by atoms with Crippen LogP contribution in [0.15, 0.2) is 0 Å². The molecule has 0 aromatic rings. The Kier molecular flexibility index (Phi) is 11.2. The van der Waals surface area contributed by atoms with Gasteiger partial charge < -0.3 is 105 Å². The molecule has 4 saturated heterocycles. The van der Waals surface area contributed by atoms with Gasteiger partial charge >= 0.3 is 0 Å². The Bertz CT molecular complexity index is 1010. The summed E-state index contributed by atoms with van der Waals surface area (Å²) in [6.07, 6.45) is -30.6. The summed E-state index contributed by atoms with van der Waals surface area (Å²) in [5.74, 6) is 0. The second kappa shape index (κ2) is 14.2. The Morgan fingerprint density at radius 1 is 0.522 bits per heavy atom. The van der Waals surface area contributed by atoms with Crippen molar-refractivity contribution in [2.75, 3.05) is 26.4 Å². The van der Waals surface area contributed by atoms with Crippen LogP contribution in [0.1, 0.15) is 0 Å². The Balaban J connectivity index is 1.25. The van der Waals surface area contributed by atoms with Crippen LogP contribution in [-0.4, -0.2) is 226 Å². The van der Waals surface area contributed by atoms with E-state index in [1.807, 2.05) is 0 Å². The van der Waals surface area contributed by atoms with Crippen molar-refractivity contribution in [2.24, 2.45) is 0 Å². The van der Waals surface area contributed by atoms with Gasteiger partial charge in [0.25, 0.3) is 0 Å². The van der Waals surface area contributed by atoms with Crippen LogP contribution in [0, 0.1) is 0 Å². The van der Waals surface area contributed by atoms with E-state index in [-0.39, 0.29) is 0 Å². The lowest BCUT2D eigenvalue weighted by atomic mass is 9.79. The van der Waals surface area contributed by atoms with E-state index in [0.717, 1.165) is 0 Å². The first kappa shape index (κ1) is 36.4. The molecule has 46 heavy (non-hydrogen) atoms. The normalized spacial score (nSPS) is 56.0. The zero-order valence-corrected chi connectivity index (χ0v) is 24.1. The highest BCUT2D eigenvalue weighted by Crippen LogP contribution is 2.48. The summed E-state index contributed by atoms with van der Waals surface area (Å²) in [7, 11) is 0. The van der Waals surface area contributed by atoms with Crippen LogP contribution in [0.5, 0.6) is 0 Å². The van der Waals surface area contributed by atoms with Crippen molar-refractivity contribution in [1.29, 1.82) is 0 Å². The van der Waals surface area contributed by atoms with Crippen LogP contribution in [0.2, 0.25) is 0 Å². The maximum absolute atomic E-state index is 11.0. The van der Waals surface area contributed by atoms with Gasteiger partial charge in [0.05, 0.1) is 38.5 Å². The molecule has 0 radical (unpaired) electrons. The summed E-state index contributed by atoms with van der Waals surface area (Å²) in [5, 5.41) is 147. The molecular formula is C25H43NO20. The first-order chi connectivity index (χ1) is 21.8. The van der Waals surface area contributed by atoms with E-state index in [1.54, 1.807) is 0 Å². The number of aliphatic hydroxyl groups is 14. The lowest BCUT2D eigenvalue weighted by molar-refractivity contribution is -0.375. The van der Waals surface area contributed by atoms with Crippen molar-refractivity contribution in [3.63, 3.8) is 0 Å². The largest absolute Gasteiger partial charge is 0.394 e. The fourth-order valence-electron chi connectivity index (χ4n) is 6.60. The molecule has 0 aromatic carbocycles. The van der Waals surface area contributed by atoms with E-state index in [0.29, 0.717) is 0 Å². The molecule has 4 heterocycles. The predicted molar refractivity (Wildman–Crippen MR) is 139 cm³/mol. The van der Waals surface area contributed by atoms with Gasteiger partial charge in [-0.05, 0) is 0 Å². The summed E-state index contributed by atoms with van der Waals surface area (Å²) in [6.45, 7) is -3.20. The molecule has 15 N–H and O–H groups in total. The van der Waals surface area contributed by atoms with Gasteiger partial charge in [-0.3, -0.25) is 0 Å². The molecule has 0 amide bonds. The third kappa shape index (κ3) is 6.21. The Morgan fingerprint density at radius 3 is 1.54 bits per heavy atom. The Morgan fingerprint density at radius 2 is 1.00 bits per heavy atom. The maximum atomic E-state index is 11.0. The second-order valence-electron chi connectivity index (χ2n) is 12.1. The highest BCUT2D eigenvalue weighted by atomic mass is 16.8. The van der Waals surface area contributed by atoms with Gasteiger partial charge in [-0.25, -0.2) is 0 Å². The predicted octanol–water partition coefficient (Wildman–Crippen LogP) is -10.4.